The Balaban J connectivity index is 1.96. The SMILES string of the molecule is CN1C=C(c2ccc(Cl)cc2Cl)c2ccc(OCCCO)cc2C1. The molecule has 2 aromatic rings. The van der Waals surface area contributed by atoms with Crippen LogP contribution in [0, 0.1) is 0 Å². The summed E-state index contributed by atoms with van der Waals surface area (Å²) in [5, 5.41) is 10.1. The van der Waals surface area contributed by atoms with Crippen molar-refractivity contribution in [1.29, 1.82) is 0 Å². The number of halogens is 2. The fourth-order valence-corrected chi connectivity index (χ4v) is 3.35. The molecule has 3 rings (SSSR count). The number of nitrogens with zero attached hydrogens (tertiary/aromatic N) is 1. The molecule has 0 saturated heterocycles. The molecular weight excluding hydrogens is 345 g/mol. The number of hydrogen-bond acceptors (Lipinski definition) is 3. The molecule has 1 aliphatic heterocycles. The molecule has 0 aromatic heterocycles. The van der Waals surface area contributed by atoms with Crippen LogP contribution >= 0.6 is 23.2 Å². The van der Waals surface area contributed by atoms with E-state index in [2.05, 4.69) is 23.2 Å². The average molecular weight is 364 g/mol. The second kappa shape index (κ2) is 7.47. The van der Waals surface area contributed by atoms with Crippen molar-refractivity contribution in [3.8, 4) is 5.75 Å². The van der Waals surface area contributed by atoms with E-state index in [1.54, 1.807) is 6.07 Å². The van der Waals surface area contributed by atoms with E-state index >= 15 is 0 Å². The van der Waals surface area contributed by atoms with Gasteiger partial charge in [-0.05, 0) is 35.4 Å². The maximum atomic E-state index is 8.86. The Bertz CT molecular complexity index is 774. The minimum Gasteiger partial charge on any atom is -0.493 e. The van der Waals surface area contributed by atoms with Gasteiger partial charge in [0, 0.05) is 54.0 Å². The first-order chi connectivity index (χ1) is 11.6. The number of aliphatic hydroxyl groups excluding tert-OH is 1. The summed E-state index contributed by atoms with van der Waals surface area (Å²) in [5.41, 5.74) is 4.36. The van der Waals surface area contributed by atoms with Crippen LogP contribution in [0.15, 0.2) is 42.6 Å². The van der Waals surface area contributed by atoms with Crippen LogP contribution in [-0.2, 0) is 6.54 Å². The highest BCUT2D eigenvalue weighted by Crippen LogP contribution is 2.37. The van der Waals surface area contributed by atoms with E-state index in [1.165, 1.54) is 5.56 Å². The fraction of sp³-hybridized carbons (Fsp3) is 0.263. The van der Waals surface area contributed by atoms with Gasteiger partial charge >= 0.3 is 0 Å². The summed E-state index contributed by atoms with van der Waals surface area (Å²) < 4.78 is 5.69. The van der Waals surface area contributed by atoms with Crippen molar-refractivity contribution in [3.05, 3.63) is 69.3 Å². The standard InChI is InChI=1S/C19H19Cl2NO2/c1-22-11-13-9-15(24-8-2-7-23)4-6-16(13)18(12-22)17-5-3-14(20)10-19(17)21/h3-6,9-10,12,23H,2,7-8,11H2,1H3. The van der Waals surface area contributed by atoms with Gasteiger partial charge in [0.2, 0.25) is 0 Å². The maximum absolute atomic E-state index is 8.86. The number of rotatable bonds is 5. The zero-order valence-corrected chi connectivity index (χ0v) is 14.9. The Kier molecular flexibility index (Phi) is 5.34. The van der Waals surface area contributed by atoms with Crippen molar-refractivity contribution >= 4 is 28.8 Å². The molecule has 1 heterocycles. The average Bonchev–Trinajstić information content (AvgIpc) is 2.54. The first-order valence-electron chi connectivity index (χ1n) is 7.83. The molecule has 3 nitrogen and oxygen atoms in total. The Labute approximate surface area is 152 Å². The lowest BCUT2D eigenvalue weighted by Crippen LogP contribution is -2.17. The van der Waals surface area contributed by atoms with Crippen LogP contribution < -0.4 is 4.74 Å². The predicted octanol–water partition coefficient (Wildman–Crippen LogP) is 4.59. The third kappa shape index (κ3) is 3.69. The molecule has 0 unspecified atom stereocenters. The molecule has 2 aromatic carbocycles. The molecule has 126 valence electrons. The Hall–Kier alpha value is -1.68. The highest BCUT2D eigenvalue weighted by molar-refractivity contribution is 6.35. The minimum atomic E-state index is 0.135. The van der Waals surface area contributed by atoms with Gasteiger partial charge in [0.05, 0.1) is 6.61 Å². The number of benzene rings is 2. The van der Waals surface area contributed by atoms with Crippen LogP contribution in [0.5, 0.6) is 5.75 Å². The van der Waals surface area contributed by atoms with E-state index in [0.717, 1.165) is 29.0 Å². The smallest absolute Gasteiger partial charge is 0.119 e. The van der Waals surface area contributed by atoms with E-state index in [9.17, 15) is 0 Å². The van der Waals surface area contributed by atoms with E-state index < -0.39 is 0 Å². The molecule has 24 heavy (non-hydrogen) atoms. The Morgan fingerprint density at radius 3 is 2.67 bits per heavy atom. The quantitative estimate of drug-likeness (QED) is 0.788. The number of aliphatic hydroxyl groups is 1. The molecule has 0 bridgehead atoms. The lowest BCUT2D eigenvalue weighted by atomic mass is 9.91. The normalized spacial score (nSPS) is 13.5. The van der Waals surface area contributed by atoms with E-state index in [4.69, 9.17) is 33.0 Å². The molecule has 0 radical (unpaired) electrons. The molecule has 0 saturated carbocycles. The molecule has 1 aliphatic rings. The van der Waals surface area contributed by atoms with Crippen LogP contribution in [0.4, 0.5) is 0 Å². The summed E-state index contributed by atoms with van der Waals surface area (Å²) >= 11 is 12.4. The molecule has 0 amide bonds. The van der Waals surface area contributed by atoms with Crippen molar-refractivity contribution in [2.75, 3.05) is 20.3 Å². The molecule has 0 fully saturated rings. The molecule has 0 spiro atoms. The van der Waals surface area contributed by atoms with Gasteiger partial charge < -0.3 is 14.7 Å². The largest absolute Gasteiger partial charge is 0.493 e. The lowest BCUT2D eigenvalue weighted by Gasteiger charge is -2.27. The number of ether oxygens (including phenoxy) is 1. The molecule has 0 aliphatic carbocycles. The van der Waals surface area contributed by atoms with Gasteiger partial charge in [-0.25, -0.2) is 0 Å². The van der Waals surface area contributed by atoms with Gasteiger partial charge in [0.1, 0.15) is 5.75 Å². The van der Waals surface area contributed by atoms with Crippen LogP contribution in [0.25, 0.3) is 5.57 Å². The number of fused-ring (bicyclic) bond motifs is 1. The molecule has 5 heteroatoms. The molecule has 0 atom stereocenters. The topological polar surface area (TPSA) is 32.7 Å². The zero-order chi connectivity index (χ0) is 17.1. The monoisotopic (exact) mass is 363 g/mol. The van der Waals surface area contributed by atoms with E-state index in [0.29, 0.717) is 23.1 Å². The summed E-state index contributed by atoms with van der Waals surface area (Å²) in [4.78, 5) is 2.13. The van der Waals surface area contributed by atoms with Crippen LogP contribution in [0.2, 0.25) is 10.0 Å². The minimum absolute atomic E-state index is 0.135. The first kappa shape index (κ1) is 17.2. The summed E-state index contributed by atoms with van der Waals surface area (Å²) in [7, 11) is 2.03. The summed E-state index contributed by atoms with van der Waals surface area (Å²) in [6.07, 6.45) is 2.73. The van der Waals surface area contributed by atoms with Crippen molar-refractivity contribution < 1.29 is 9.84 Å². The van der Waals surface area contributed by atoms with Gasteiger partial charge in [0.25, 0.3) is 0 Å². The van der Waals surface area contributed by atoms with Crippen LogP contribution in [-0.4, -0.2) is 30.3 Å². The van der Waals surface area contributed by atoms with Crippen molar-refractivity contribution in [3.63, 3.8) is 0 Å². The Morgan fingerprint density at radius 2 is 1.92 bits per heavy atom. The number of hydrogen-bond donors (Lipinski definition) is 1. The predicted molar refractivity (Wildman–Crippen MR) is 98.6 cm³/mol. The summed E-state index contributed by atoms with van der Waals surface area (Å²) in [6, 6.07) is 11.6. The third-order valence-electron chi connectivity index (χ3n) is 3.93. The van der Waals surface area contributed by atoms with Crippen molar-refractivity contribution in [2.24, 2.45) is 0 Å². The zero-order valence-electron chi connectivity index (χ0n) is 13.4. The Morgan fingerprint density at radius 1 is 1.12 bits per heavy atom. The highest BCUT2D eigenvalue weighted by atomic mass is 35.5. The van der Waals surface area contributed by atoms with Crippen LogP contribution in [0.3, 0.4) is 0 Å². The van der Waals surface area contributed by atoms with Gasteiger partial charge in [-0.2, -0.15) is 0 Å². The molecule has 1 N–H and O–H groups in total. The first-order valence-corrected chi connectivity index (χ1v) is 8.58. The van der Waals surface area contributed by atoms with Gasteiger partial charge in [-0.1, -0.05) is 35.3 Å². The van der Waals surface area contributed by atoms with Gasteiger partial charge in [-0.15, -0.1) is 0 Å². The van der Waals surface area contributed by atoms with Crippen molar-refractivity contribution in [1.82, 2.24) is 4.90 Å². The fourth-order valence-electron chi connectivity index (χ4n) is 2.83. The van der Waals surface area contributed by atoms with E-state index in [-0.39, 0.29) is 6.61 Å². The van der Waals surface area contributed by atoms with Gasteiger partial charge in [-0.3, -0.25) is 0 Å². The van der Waals surface area contributed by atoms with Crippen LogP contribution in [0.1, 0.15) is 23.1 Å². The summed E-state index contributed by atoms with van der Waals surface area (Å²) in [6.45, 7) is 1.45. The highest BCUT2D eigenvalue weighted by Gasteiger charge is 2.19. The second-order valence-corrected chi connectivity index (χ2v) is 6.67. The molecular formula is C19H19Cl2NO2. The summed E-state index contributed by atoms with van der Waals surface area (Å²) in [5.74, 6) is 0.819. The van der Waals surface area contributed by atoms with E-state index in [1.807, 2.05) is 25.2 Å². The van der Waals surface area contributed by atoms with Crippen molar-refractivity contribution in [2.45, 2.75) is 13.0 Å². The second-order valence-electron chi connectivity index (χ2n) is 5.83. The van der Waals surface area contributed by atoms with Gasteiger partial charge in [0.15, 0.2) is 0 Å². The maximum Gasteiger partial charge on any atom is 0.119 e. The third-order valence-corrected chi connectivity index (χ3v) is 4.48. The lowest BCUT2D eigenvalue weighted by molar-refractivity contribution is 0.233.